The lowest BCUT2D eigenvalue weighted by molar-refractivity contribution is -0.118. The number of likely N-dealkylation sites (tertiary alicyclic amines) is 1. The van der Waals surface area contributed by atoms with Gasteiger partial charge in [0.05, 0.1) is 18.5 Å². The zero-order chi connectivity index (χ0) is 19.8. The Labute approximate surface area is 172 Å². The third-order valence-corrected chi connectivity index (χ3v) is 5.54. The van der Waals surface area contributed by atoms with E-state index in [1.54, 1.807) is 10.9 Å². The van der Waals surface area contributed by atoms with Crippen LogP contribution in [0.4, 0.5) is 0 Å². The lowest BCUT2D eigenvalue weighted by Gasteiger charge is -2.20. The minimum atomic E-state index is 0.201. The van der Waals surface area contributed by atoms with Gasteiger partial charge >= 0.3 is 0 Å². The number of ketones is 1. The summed E-state index contributed by atoms with van der Waals surface area (Å²) in [6.45, 7) is 5.38. The quantitative estimate of drug-likeness (QED) is 0.415. The van der Waals surface area contributed by atoms with Crippen molar-refractivity contribution in [2.24, 2.45) is 0 Å². The second kappa shape index (κ2) is 10.6. The summed E-state index contributed by atoms with van der Waals surface area (Å²) in [5.41, 5.74) is 1.88. The van der Waals surface area contributed by atoms with Crippen LogP contribution in [0.25, 0.3) is 5.69 Å². The standard InChI is InChI=1S/C22H30ClN3O2/c1-18-5-3-12-25(18)13-4-14-28-22-9-7-20(8-10-22)26-17-19(16-24-26)15-21(27)6-2-11-23/h7-10,16-18H,2-6,11-15H2,1H3/t18-/m1/s1. The van der Waals surface area contributed by atoms with E-state index in [1.807, 2.05) is 30.5 Å². The molecule has 1 aliphatic heterocycles. The minimum Gasteiger partial charge on any atom is -0.494 e. The summed E-state index contributed by atoms with van der Waals surface area (Å²) in [6.07, 6.45) is 9.01. The van der Waals surface area contributed by atoms with Crippen molar-refractivity contribution in [2.75, 3.05) is 25.6 Å². The first kappa shape index (κ1) is 20.9. The van der Waals surface area contributed by atoms with E-state index < -0.39 is 0 Å². The van der Waals surface area contributed by atoms with Gasteiger partial charge in [-0.3, -0.25) is 4.79 Å². The number of nitrogens with zero attached hydrogens (tertiary/aromatic N) is 3. The van der Waals surface area contributed by atoms with Gasteiger partial charge in [-0.25, -0.2) is 4.68 Å². The van der Waals surface area contributed by atoms with Crippen molar-refractivity contribution in [2.45, 2.75) is 51.5 Å². The van der Waals surface area contributed by atoms with Crippen molar-refractivity contribution in [1.29, 1.82) is 0 Å². The first-order valence-corrected chi connectivity index (χ1v) is 10.8. The number of hydrogen-bond acceptors (Lipinski definition) is 4. The molecule has 0 aliphatic carbocycles. The molecule has 0 saturated carbocycles. The molecule has 1 aliphatic rings. The summed E-state index contributed by atoms with van der Waals surface area (Å²) in [5, 5.41) is 4.37. The molecule has 0 bridgehead atoms. The zero-order valence-electron chi connectivity index (χ0n) is 16.6. The maximum absolute atomic E-state index is 11.9. The lowest BCUT2D eigenvalue weighted by atomic mass is 10.1. The maximum atomic E-state index is 11.9. The molecule has 1 fully saturated rings. The molecule has 1 aromatic heterocycles. The van der Waals surface area contributed by atoms with Crippen LogP contribution in [0.15, 0.2) is 36.7 Å². The molecule has 0 amide bonds. The summed E-state index contributed by atoms with van der Waals surface area (Å²) in [7, 11) is 0. The molecule has 1 aromatic carbocycles. The topological polar surface area (TPSA) is 47.4 Å². The van der Waals surface area contributed by atoms with Crippen LogP contribution in [0.2, 0.25) is 0 Å². The molecule has 2 aromatic rings. The Balaban J connectivity index is 1.44. The number of hydrogen-bond donors (Lipinski definition) is 0. The Morgan fingerprint density at radius 1 is 1.29 bits per heavy atom. The monoisotopic (exact) mass is 403 g/mol. The molecule has 2 heterocycles. The molecule has 6 heteroatoms. The Kier molecular flexibility index (Phi) is 7.92. The number of benzene rings is 1. The largest absolute Gasteiger partial charge is 0.494 e. The van der Waals surface area contributed by atoms with E-state index in [2.05, 4.69) is 16.9 Å². The fourth-order valence-corrected chi connectivity index (χ4v) is 3.78. The Bertz CT molecular complexity index is 744. The molecule has 1 saturated heterocycles. The number of aromatic nitrogens is 2. The summed E-state index contributed by atoms with van der Waals surface area (Å²) in [4.78, 5) is 14.4. The van der Waals surface area contributed by atoms with Gasteiger partial charge in [-0.15, -0.1) is 11.6 Å². The highest BCUT2D eigenvalue weighted by Crippen LogP contribution is 2.18. The van der Waals surface area contributed by atoms with Crippen LogP contribution in [0.3, 0.4) is 0 Å². The summed E-state index contributed by atoms with van der Waals surface area (Å²) >= 11 is 5.64. The zero-order valence-corrected chi connectivity index (χ0v) is 17.4. The number of carbonyl (C=O) groups excluding carboxylic acids is 1. The first-order valence-electron chi connectivity index (χ1n) is 10.2. The van der Waals surface area contributed by atoms with Gasteiger partial charge in [-0.1, -0.05) is 0 Å². The predicted octanol–water partition coefficient (Wildman–Crippen LogP) is 4.26. The van der Waals surface area contributed by atoms with Crippen LogP contribution < -0.4 is 4.74 Å². The number of ether oxygens (including phenoxy) is 1. The number of rotatable bonds is 11. The fourth-order valence-electron chi connectivity index (χ4n) is 3.65. The molecular formula is C22H30ClN3O2. The van der Waals surface area contributed by atoms with Crippen molar-refractivity contribution in [3.8, 4) is 11.4 Å². The van der Waals surface area contributed by atoms with Gasteiger partial charge in [0.25, 0.3) is 0 Å². The molecule has 152 valence electrons. The van der Waals surface area contributed by atoms with E-state index in [1.165, 1.54) is 19.4 Å². The number of Topliss-reactive ketones (excluding diaryl/α,β-unsaturated/α-hetero) is 1. The fraction of sp³-hybridized carbons (Fsp3) is 0.545. The normalized spacial score (nSPS) is 17.1. The minimum absolute atomic E-state index is 0.201. The SMILES string of the molecule is C[C@@H]1CCCN1CCCOc1ccc(-n2cc(CC(=O)CCCCl)cn2)cc1. The van der Waals surface area contributed by atoms with Crippen molar-refractivity contribution in [3.05, 3.63) is 42.2 Å². The van der Waals surface area contributed by atoms with Gasteiger partial charge in [-0.2, -0.15) is 5.10 Å². The van der Waals surface area contributed by atoms with Gasteiger partial charge in [-0.05, 0) is 69.0 Å². The number of carbonyl (C=O) groups is 1. The van der Waals surface area contributed by atoms with Gasteiger partial charge in [0.15, 0.2) is 0 Å². The molecular weight excluding hydrogens is 374 g/mol. The number of halogens is 1. The van der Waals surface area contributed by atoms with Gasteiger partial charge < -0.3 is 9.64 Å². The Morgan fingerprint density at radius 2 is 2.11 bits per heavy atom. The molecule has 0 unspecified atom stereocenters. The average molecular weight is 404 g/mol. The lowest BCUT2D eigenvalue weighted by Crippen LogP contribution is -2.28. The molecule has 0 N–H and O–H groups in total. The third-order valence-electron chi connectivity index (χ3n) is 5.28. The van der Waals surface area contributed by atoms with Gasteiger partial charge in [0.1, 0.15) is 11.5 Å². The van der Waals surface area contributed by atoms with Crippen molar-refractivity contribution in [1.82, 2.24) is 14.7 Å². The second-order valence-electron chi connectivity index (χ2n) is 7.52. The molecule has 28 heavy (non-hydrogen) atoms. The summed E-state index contributed by atoms with van der Waals surface area (Å²) < 4.78 is 7.67. The molecule has 1 atom stereocenters. The highest BCUT2D eigenvalue weighted by molar-refractivity contribution is 6.17. The highest BCUT2D eigenvalue weighted by atomic mass is 35.5. The van der Waals surface area contributed by atoms with E-state index in [0.29, 0.717) is 24.8 Å². The smallest absolute Gasteiger partial charge is 0.137 e. The third kappa shape index (κ3) is 6.08. The summed E-state index contributed by atoms with van der Waals surface area (Å²) in [6, 6.07) is 8.64. The first-order chi connectivity index (χ1) is 13.7. The maximum Gasteiger partial charge on any atom is 0.137 e. The average Bonchev–Trinajstić information content (AvgIpc) is 3.33. The van der Waals surface area contributed by atoms with E-state index in [0.717, 1.165) is 43.0 Å². The Hall–Kier alpha value is -1.85. The molecule has 0 spiro atoms. The van der Waals surface area contributed by atoms with Crippen LogP contribution in [0.5, 0.6) is 5.75 Å². The second-order valence-corrected chi connectivity index (χ2v) is 7.90. The van der Waals surface area contributed by atoms with Crippen LogP contribution in [-0.2, 0) is 11.2 Å². The van der Waals surface area contributed by atoms with Crippen LogP contribution >= 0.6 is 11.6 Å². The highest BCUT2D eigenvalue weighted by Gasteiger charge is 2.19. The van der Waals surface area contributed by atoms with E-state index >= 15 is 0 Å². The van der Waals surface area contributed by atoms with Crippen molar-refractivity contribution < 1.29 is 9.53 Å². The Morgan fingerprint density at radius 3 is 2.82 bits per heavy atom. The molecule has 5 nitrogen and oxygen atoms in total. The van der Waals surface area contributed by atoms with Gasteiger partial charge in [0, 0.05) is 37.5 Å². The number of alkyl halides is 1. The van der Waals surface area contributed by atoms with Crippen molar-refractivity contribution in [3.63, 3.8) is 0 Å². The van der Waals surface area contributed by atoms with Crippen molar-refractivity contribution >= 4 is 17.4 Å². The van der Waals surface area contributed by atoms with Gasteiger partial charge in [0.2, 0.25) is 0 Å². The molecule has 0 radical (unpaired) electrons. The van der Waals surface area contributed by atoms with E-state index in [9.17, 15) is 4.79 Å². The van der Waals surface area contributed by atoms with E-state index in [-0.39, 0.29) is 5.78 Å². The predicted molar refractivity (Wildman–Crippen MR) is 113 cm³/mol. The van der Waals surface area contributed by atoms with Crippen LogP contribution in [0.1, 0.15) is 44.6 Å². The van der Waals surface area contributed by atoms with E-state index in [4.69, 9.17) is 16.3 Å². The van der Waals surface area contributed by atoms with Crippen LogP contribution in [0, 0.1) is 0 Å². The van der Waals surface area contributed by atoms with Crippen LogP contribution in [-0.4, -0.2) is 52.1 Å². The molecule has 3 rings (SSSR count). The summed E-state index contributed by atoms with van der Waals surface area (Å²) in [5.74, 6) is 1.60.